The van der Waals surface area contributed by atoms with E-state index in [4.69, 9.17) is 0 Å². The second-order valence-electron chi connectivity index (χ2n) is 8.08. The highest BCUT2D eigenvalue weighted by molar-refractivity contribution is 6.07. The molecule has 0 aliphatic carbocycles. The molecule has 0 spiro atoms. The summed E-state index contributed by atoms with van der Waals surface area (Å²) in [6.45, 7) is 8.83. The van der Waals surface area contributed by atoms with Crippen LogP contribution in [0.25, 0.3) is 10.8 Å². The summed E-state index contributed by atoms with van der Waals surface area (Å²) in [7, 11) is 0. The van der Waals surface area contributed by atoms with Gasteiger partial charge in [-0.05, 0) is 37.3 Å². The molecule has 0 bridgehead atoms. The van der Waals surface area contributed by atoms with Gasteiger partial charge in [0.05, 0.1) is 17.3 Å². The van der Waals surface area contributed by atoms with Crippen LogP contribution < -0.4 is 16.3 Å². The maximum absolute atomic E-state index is 13.4. The van der Waals surface area contributed by atoms with E-state index in [9.17, 15) is 9.59 Å². The van der Waals surface area contributed by atoms with Gasteiger partial charge in [-0.1, -0.05) is 69.3 Å². The van der Waals surface area contributed by atoms with Crippen LogP contribution in [0.5, 0.6) is 0 Å². The first-order chi connectivity index (χ1) is 14.4. The van der Waals surface area contributed by atoms with Crippen molar-refractivity contribution in [2.75, 3.05) is 12.0 Å². The molecular formula is C25H31N3O2. The van der Waals surface area contributed by atoms with E-state index >= 15 is 0 Å². The zero-order chi connectivity index (χ0) is 21.7. The minimum absolute atomic E-state index is 0.0915. The normalized spacial score (nSPS) is 12.2. The lowest BCUT2D eigenvalue weighted by Crippen LogP contribution is -2.36. The van der Waals surface area contributed by atoms with E-state index in [1.165, 1.54) is 4.68 Å². The van der Waals surface area contributed by atoms with Gasteiger partial charge < -0.3 is 10.7 Å². The molecular weight excluding hydrogens is 374 g/mol. The number of hydrogen-bond donors (Lipinski definition) is 2. The molecule has 5 nitrogen and oxygen atoms in total. The van der Waals surface area contributed by atoms with Crippen molar-refractivity contribution in [2.45, 2.75) is 46.6 Å². The second kappa shape index (κ2) is 9.61. The van der Waals surface area contributed by atoms with Crippen molar-refractivity contribution in [3.63, 3.8) is 0 Å². The molecule has 0 unspecified atom stereocenters. The molecule has 0 aliphatic heterocycles. The summed E-state index contributed by atoms with van der Waals surface area (Å²) < 4.78 is 1.53. The molecule has 0 saturated heterocycles. The highest BCUT2D eigenvalue weighted by Crippen LogP contribution is 2.22. The fourth-order valence-electron chi connectivity index (χ4n) is 3.75. The first-order valence-electron chi connectivity index (χ1n) is 10.7. The van der Waals surface area contributed by atoms with Crippen LogP contribution in [0.3, 0.4) is 0 Å². The van der Waals surface area contributed by atoms with E-state index in [2.05, 4.69) is 31.5 Å². The number of pyridine rings is 1. The van der Waals surface area contributed by atoms with Gasteiger partial charge in [0, 0.05) is 17.3 Å². The molecule has 1 atom stereocenters. The number of carbonyl (C=O) groups is 1. The number of nitrogens with zero attached hydrogens (tertiary/aromatic N) is 1. The Kier molecular flexibility index (Phi) is 6.93. The topological polar surface area (TPSA) is 63.1 Å². The Morgan fingerprint density at radius 2 is 1.63 bits per heavy atom. The van der Waals surface area contributed by atoms with E-state index in [-0.39, 0.29) is 17.5 Å². The van der Waals surface area contributed by atoms with Crippen molar-refractivity contribution in [1.82, 2.24) is 9.99 Å². The highest BCUT2D eigenvalue weighted by Gasteiger charge is 2.21. The Balaban J connectivity index is 2.03. The third kappa shape index (κ3) is 4.56. The van der Waals surface area contributed by atoms with Crippen molar-refractivity contribution >= 4 is 16.7 Å². The second-order valence-corrected chi connectivity index (χ2v) is 8.08. The molecule has 0 aliphatic rings. The van der Waals surface area contributed by atoms with E-state index < -0.39 is 0 Å². The lowest BCUT2D eigenvalue weighted by atomic mass is 10.0. The van der Waals surface area contributed by atoms with Gasteiger partial charge in [0.15, 0.2) is 0 Å². The smallest absolute Gasteiger partial charge is 0.276 e. The molecule has 30 heavy (non-hydrogen) atoms. The Morgan fingerprint density at radius 1 is 1.00 bits per heavy atom. The monoisotopic (exact) mass is 405 g/mol. The van der Waals surface area contributed by atoms with Gasteiger partial charge in [-0.2, -0.15) is 0 Å². The van der Waals surface area contributed by atoms with E-state index in [0.717, 1.165) is 18.4 Å². The number of carbonyl (C=O) groups excluding carboxylic acids is 1. The highest BCUT2D eigenvalue weighted by atomic mass is 16.2. The zero-order valence-electron chi connectivity index (χ0n) is 18.2. The van der Waals surface area contributed by atoms with Gasteiger partial charge >= 0.3 is 0 Å². The minimum Gasteiger partial charge on any atom is -0.345 e. The average molecular weight is 406 g/mol. The van der Waals surface area contributed by atoms with E-state index in [1.54, 1.807) is 6.07 Å². The van der Waals surface area contributed by atoms with Crippen LogP contribution in [-0.4, -0.2) is 17.1 Å². The van der Waals surface area contributed by atoms with Crippen LogP contribution in [0, 0.1) is 12.8 Å². The van der Waals surface area contributed by atoms with Crippen LogP contribution in [0.4, 0.5) is 0 Å². The van der Waals surface area contributed by atoms with Gasteiger partial charge in [0.2, 0.25) is 0 Å². The summed E-state index contributed by atoms with van der Waals surface area (Å²) in [5.74, 6) is 0.353. The molecule has 0 saturated carbocycles. The molecule has 5 heteroatoms. The number of nitrogens with one attached hydrogen (secondary N) is 2. The van der Waals surface area contributed by atoms with Crippen molar-refractivity contribution in [2.24, 2.45) is 5.92 Å². The van der Waals surface area contributed by atoms with Crippen molar-refractivity contribution < 1.29 is 4.79 Å². The molecule has 1 amide bonds. The van der Waals surface area contributed by atoms with Gasteiger partial charge in [-0.15, -0.1) is 0 Å². The predicted molar refractivity (Wildman–Crippen MR) is 124 cm³/mol. The van der Waals surface area contributed by atoms with Crippen molar-refractivity contribution in [3.05, 3.63) is 81.8 Å². The Hall–Kier alpha value is -3.08. The molecule has 0 radical (unpaired) electrons. The van der Waals surface area contributed by atoms with Gasteiger partial charge in [0.25, 0.3) is 11.5 Å². The molecule has 3 aromatic rings. The molecule has 0 fully saturated rings. The van der Waals surface area contributed by atoms with Crippen molar-refractivity contribution in [3.8, 4) is 0 Å². The fraction of sp³-hybridized carbons (Fsp3) is 0.360. The average Bonchev–Trinajstić information content (AvgIpc) is 2.75. The first kappa shape index (κ1) is 21.6. The maximum Gasteiger partial charge on any atom is 0.276 e. The summed E-state index contributed by atoms with van der Waals surface area (Å²) in [6, 6.07) is 17.2. The maximum atomic E-state index is 13.4. The zero-order valence-corrected chi connectivity index (χ0v) is 18.2. The predicted octanol–water partition coefficient (Wildman–Crippen LogP) is 4.78. The van der Waals surface area contributed by atoms with E-state index in [1.807, 2.05) is 55.5 Å². The van der Waals surface area contributed by atoms with Crippen LogP contribution in [-0.2, 0) is 0 Å². The number of benzene rings is 2. The Labute approximate surface area is 178 Å². The lowest BCUT2D eigenvalue weighted by Gasteiger charge is -2.21. The summed E-state index contributed by atoms with van der Waals surface area (Å²) in [5, 5.41) is 4.39. The number of amides is 1. The number of aromatic nitrogens is 1. The summed E-state index contributed by atoms with van der Waals surface area (Å²) >= 11 is 0. The molecule has 2 N–H and O–H groups in total. The number of fused-ring (bicyclic) bond motifs is 1. The molecule has 2 aromatic carbocycles. The van der Waals surface area contributed by atoms with Crippen molar-refractivity contribution in [1.29, 1.82) is 0 Å². The molecule has 158 valence electrons. The quantitative estimate of drug-likeness (QED) is 0.567. The Morgan fingerprint density at radius 3 is 2.27 bits per heavy atom. The van der Waals surface area contributed by atoms with Crippen LogP contribution in [0.1, 0.15) is 61.3 Å². The largest absolute Gasteiger partial charge is 0.345 e. The summed E-state index contributed by atoms with van der Waals surface area (Å²) in [6.07, 6.45) is 1.71. The lowest BCUT2D eigenvalue weighted by molar-refractivity contribution is 0.0936. The summed E-state index contributed by atoms with van der Waals surface area (Å²) in [4.78, 5) is 26.5. The fourth-order valence-corrected chi connectivity index (χ4v) is 3.75. The first-order valence-corrected chi connectivity index (χ1v) is 10.7. The van der Waals surface area contributed by atoms with Gasteiger partial charge in [-0.3, -0.25) is 9.59 Å². The minimum atomic E-state index is -0.168. The molecule has 1 heterocycles. The van der Waals surface area contributed by atoms with Gasteiger partial charge in [0.1, 0.15) is 0 Å². The number of hydrogen-bond acceptors (Lipinski definition) is 3. The third-order valence-corrected chi connectivity index (χ3v) is 5.46. The third-order valence-electron chi connectivity index (χ3n) is 5.46. The van der Waals surface area contributed by atoms with Crippen LogP contribution >= 0.6 is 0 Å². The van der Waals surface area contributed by atoms with E-state index in [0.29, 0.717) is 34.5 Å². The summed E-state index contributed by atoms with van der Waals surface area (Å²) in [5.41, 5.74) is 5.33. The van der Waals surface area contributed by atoms with Gasteiger partial charge in [-0.25, -0.2) is 4.68 Å². The standard InChI is InChI=1S/C25H31N3O2/c1-5-22(19-11-7-6-8-12-19)27-24(29)23-18(4)28(26-16-15-17(2)3)25(30)21-14-10-9-13-20(21)23/h6-14,17,22,26H,5,15-16H2,1-4H3,(H,27,29)/t22-/m0/s1. The van der Waals surface area contributed by atoms with Crippen LogP contribution in [0.15, 0.2) is 59.4 Å². The molecule has 1 aromatic heterocycles. The van der Waals surface area contributed by atoms with Crippen LogP contribution in [0.2, 0.25) is 0 Å². The SMILES string of the molecule is CC[C@H](NC(=O)c1c(C)n(NCCC(C)C)c(=O)c2ccccc12)c1ccccc1. The molecule has 3 rings (SSSR count). The Bertz CT molecular complexity index is 1070. The number of rotatable bonds is 8.